The first kappa shape index (κ1) is 17.9. The molecule has 0 heterocycles. The van der Waals surface area contributed by atoms with E-state index in [1.165, 1.54) is 0 Å². The first-order valence-corrected chi connectivity index (χ1v) is 5.98. The number of hydrogen-bond donors (Lipinski definition) is 1. The first-order valence-electron chi connectivity index (χ1n) is 4.76. The highest BCUT2D eigenvalue weighted by Crippen LogP contribution is 1.97. The molecule has 0 rings (SSSR count). The Labute approximate surface area is 114 Å². The van der Waals surface area contributed by atoms with E-state index in [0.717, 1.165) is 5.17 Å². The van der Waals surface area contributed by atoms with Crippen molar-refractivity contribution in [2.24, 2.45) is 4.99 Å². The average molecular weight is 348 g/mol. The smallest absolute Gasteiger partial charge is 0.174 e. The normalized spacial score (nSPS) is 11.4. The Bertz CT molecular complexity index is 164. The molecule has 0 aliphatic rings. The molecule has 15 heavy (non-hydrogen) atoms. The molecule has 0 amide bonds. The van der Waals surface area contributed by atoms with Crippen LogP contribution in [-0.4, -0.2) is 44.5 Å². The van der Waals surface area contributed by atoms with Gasteiger partial charge in [-0.3, -0.25) is 4.99 Å². The van der Waals surface area contributed by atoms with E-state index in [-0.39, 0.29) is 30.3 Å². The van der Waals surface area contributed by atoms with Gasteiger partial charge in [0.25, 0.3) is 0 Å². The van der Waals surface area contributed by atoms with Gasteiger partial charge < -0.3 is 14.8 Å². The fraction of sp³-hybridized carbons (Fsp3) is 0.889. The van der Waals surface area contributed by atoms with Crippen molar-refractivity contribution in [1.82, 2.24) is 5.32 Å². The van der Waals surface area contributed by atoms with Crippen LogP contribution in [0.5, 0.6) is 0 Å². The fourth-order valence-electron chi connectivity index (χ4n) is 0.951. The highest BCUT2D eigenvalue weighted by Gasteiger charge is 2.07. The zero-order valence-electron chi connectivity index (χ0n) is 9.78. The molecule has 0 aliphatic carbocycles. The Morgan fingerprint density at radius 3 is 2.20 bits per heavy atom. The van der Waals surface area contributed by atoms with Crippen LogP contribution in [0.1, 0.15) is 13.8 Å². The van der Waals surface area contributed by atoms with Gasteiger partial charge >= 0.3 is 0 Å². The van der Waals surface area contributed by atoms with Crippen LogP contribution in [0.4, 0.5) is 0 Å². The van der Waals surface area contributed by atoms with Crippen molar-refractivity contribution in [2.45, 2.75) is 20.1 Å². The molecule has 0 aromatic heterocycles. The molecule has 0 saturated heterocycles. The van der Waals surface area contributed by atoms with Gasteiger partial charge in [0.15, 0.2) is 11.5 Å². The van der Waals surface area contributed by atoms with Gasteiger partial charge in [-0.1, -0.05) is 11.8 Å². The third-order valence-corrected chi connectivity index (χ3v) is 2.24. The Morgan fingerprint density at radius 2 is 1.87 bits per heavy atom. The second kappa shape index (κ2) is 12.5. The monoisotopic (exact) mass is 348 g/mol. The predicted octanol–water partition coefficient (Wildman–Crippen LogP) is 1.94. The van der Waals surface area contributed by atoms with E-state index in [2.05, 4.69) is 10.3 Å². The predicted molar refractivity (Wildman–Crippen MR) is 77.3 cm³/mol. The molecular weight excluding hydrogens is 327 g/mol. The van der Waals surface area contributed by atoms with Gasteiger partial charge in [-0.05, 0) is 20.1 Å². The third kappa shape index (κ3) is 9.40. The summed E-state index contributed by atoms with van der Waals surface area (Å²) >= 11 is 1.58. The van der Waals surface area contributed by atoms with Crippen molar-refractivity contribution in [3.63, 3.8) is 0 Å². The standard InChI is InChI=1S/C9H20N2O2S.HI/c1-5-12-8(13-6-2)7-11-9(10-3)14-4;/h8H,5-7H2,1-4H3,(H,10,11);1H. The van der Waals surface area contributed by atoms with Gasteiger partial charge in [-0.2, -0.15) is 0 Å². The van der Waals surface area contributed by atoms with E-state index in [1.807, 2.05) is 20.1 Å². The van der Waals surface area contributed by atoms with E-state index in [9.17, 15) is 0 Å². The number of amidine groups is 1. The lowest BCUT2D eigenvalue weighted by molar-refractivity contribution is -0.130. The zero-order valence-corrected chi connectivity index (χ0v) is 12.9. The molecule has 92 valence electrons. The SMILES string of the molecule is CCOC(CNC(=NC)SC)OCC.I. The maximum atomic E-state index is 5.37. The molecule has 0 aliphatic heterocycles. The van der Waals surface area contributed by atoms with Crippen molar-refractivity contribution in [1.29, 1.82) is 0 Å². The molecule has 0 saturated carbocycles. The minimum absolute atomic E-state index is 0. The summed E-state index contributed by atoms with van der Waals surface area (Å²) in [5, 5.41) is 4.05. The molecule has 1 N–H and O–H groups in total. The van der Waals surface area contributed by atoms with Crippen LogP contribution < -0.4 is 5.32 Å². The van der Waals surface area contributed by atoms with E-state index < -0.39 is 0 Å². The van der Waals surface area contributed by atoms with Crippen molar-refractivity contribution in [2.75, 3.05) is 33.1 Å². The Kier molecular flexibility index (Phi) is 14.9. The second-order valence-electron chi connectivity index (χ2n) is 2.45. The summed E-state index contributed by atoms with van der Waals surface area (Å²) in [5.74, 6) is 0. The Balaban J connectivity index is 0. The molecule has 0 fully saturated rings. The van der Waals surface area contributed by atoms with Gasteiger partial charge in [-0.15, -0.1) is 24.0 Å². The quantitative estimate of drug-likeness (QED) is 0.345. The average Bonchev–Trinajstić information content (AvgIpc) is 2.20. The molecule has 0 spiro atoms. The summed E-state index contributed by atoms with van der Waals surface area (Å²) in [4.78, 5) is 4.06. The van der Waals surface area contributed by atoms with E-state index in [0.29, 0.717) is 19.8 Å². The van der Waals surface area contributed by atoms with E-state index in [4.69, 9.17) is 9.47 Å². The van der Waals surface area contributed by atoms with Crippen LogP contribution >= 0.6 is 35.7 Å². The highest BCUT2D eigenvalue weighted by atomic mass is 127. The summed E-state index contributed by atoms with van der Waals surface area (Å²) in [6.45, 7) is 5.86. The number of nitrogens with zero attached hydrogens (tertiary/aromatic N) is 1. The van der Waals surface area contributed by atoms with Crippen LogP contribution in [0, 0.1) is 0 Å². The van der Waals surface area contributed by atoms with Crippen molar-refractivity contribution in [3.8, 4) is 0 Å². The number of hydrogen-bond acceptors (Lipinski definition) is 4. The summed E-state index contributed by atoms with van der Waals surface area (Å²) in [6.07, 6.45) is 1.79. The number of aliphatic imine (C=N–C) groups is 1. The maximum Gasteiger partial charge on any atom is 0.174 e. The van der Waals surface area contributed by atoms with E-state index in [1.54, 1.807) is 18.8 Å². The van der Waals surface area contributed by atoms with Gasteiger partial charge in [0.05, 0.1) is 6.54 Å². The van der Waals surface area contributed by atoms with Crippen LogP contribution in [-0.2, 0) is 9.47 Å². The summed E-state index contributed by atoms with van der Waals surface area (Å²) < 4.78 is 10.7. The van der Waals surface area contributed by atoms with Crippen LogP contribution in [0.15, 0.2) is 4.99 Å². The molecule has 0 aromatic carbocycles. The second-order valence-corrected chi connectivity index (χ2v) is 3.25. The lowest BCUT2D eigenvalue weighted by Crippen LogP contribution is -2.34. The van der Waals surface area contributed by atoms with Crippen LogP contribution in [0.25, 0.3) is 0 Å². The van der Waals surface area contributed by atoms with Gasteiger partial charge in [-0.25, -0.2) is 0 Å². The molecule has 6 heteroatoms. The largest absolute Gasteiger partial charge is 0.360 e. The minimum Gasteiger partial charge on any atom is -0.360 e. The first-order chi connectivity index (χ1) is 6.78. The highest BCUT2D eigenvalue weighted by molar-refractivity contribution is 14.0. The number of halogens is 1. The van der Waals surface area contributed by atoms with Crippen LogP contribution in [0.3, 0.4) is 0 Å². The number of rotatable bonds is 6. The molecule has 0 bridgehead atoms. The maximum absolute atomic E-state index is 5.37. The molecule has 0 radical (unpaired) electrons. The fourth-order valence-corrected chi connectivity index (χ4v) is 1.36. The zero-order chi connectivity index (χ0) is 10.8. The lowest BCUT2D eigenvalue weighted by atomic mass is 10.6. The summed E-state index contributed by atoms with van der Waals surface area (Å²) in [6, 6.07) is 0. The van der Waals surface area contributed by atoms with Gasteiger partial charge in [0, 0.05) is 20.3 Å². The number of nitrogens with one attached hydrogen (secondary N) is 1. The number of thioether (sulfide) groups is 1. The van der Waals surface area contributed by atoms with Gasteiger partial charge in [0.1, 0.15) is 0 Å². The van der Waals surface area contributed by atoms with Crippen molar-refractivity contribution >= 4 is 40.9 Å². The Morgan fingerprint density at radius 1 is 1.33 bits per heavy atom. The van der Waals surface area contributed by atoms with Crippen LogP contribution in [0.2, 0.25) is 0 Å². The van der Waals surface area contributed by atoms with Crippen molar-refractivity contribution in [3.05, 3.63) is 0 Å². The minimum atomic E-state index is -0.186. The molecule has 0 unspecified atom stereocenters. The number of ether oxygens (including phenoxy) is 2. The lowest BCUT2D eigenvalue weighted by Gasteiger charge is -2.17. The molecule has 4 nitrogen and oxygen atoms in total. The summed E-state index contributed by atoms with van der Waals surface area (Å²) in [5.41, 5.74) is 0. The molecule has 0 atom stereocenters. The topological polar surface area (TPSA) is 42.8 Å². The molecule has 0 aromatic rings. The van der Waals surface area contributed by atoms with Crippen molar-refractivity contribution < 1.29 is 9.47 Å². The third-order valence-electron chi connectivity index (χ3n) is 1.52. The van der Waals surface area contributed by atoms with Gasteiger partial charge in [0.2, 0.25) is 0 Å². The Hall–Kier alpha value is 0.470. The summed E-state index contributed by atoms with van der Waals surface area (Å²) in [7, 11) is 1.76. The van der Waals surface area contributed by atoms with E-state index >= 15 is 0 Å². The molecular formula is C9H21IN2O2S.